The predicted molar refractivity (Wildman–Crippen MR) is 60.6 cm³/mol. The molecule has 0 atom stereocenters. The van der Waals surface area contributed by atoms with Crippen LogP contribution in [0.1, 0.15) is 0 Å². The molecule has 0 aliphatic carbocycles. The average Bonchev–Trinajstić information content (AvgIpc) is 2.31. The SMILES string of the molecule is Nc1nc(NCCOCCOC(F)(F)F)nnc1Cl. The number of anilines is 2. The maximum Gasteiger partial charge on any atom is 0.522 e. The number of nitrogens with zero attached hydrogens (tertiary/aromatic N) is 3. The molecule has 0 unspecified atom stereocenters. The zero-order valence-electron chi connectivity index (χ0n) is 9.58. The van der Waals surface area contributed by atoms with Crippen molar-refractivity contribution in [3.05, 3.63) is 5.15 Å². The smallest absolute Gasteiger partial charge is 0.381 e. The van der Waals surface area contributed by atoms with Gasteiger partial charge in [0.15, 0.2) is 11.0 Å². The molecular formula is C8H11ClF3N5O2. The fourth-order valence-corrected chi connectivity index (χ4v) is 1.03. The Bertz CT molecular complexity index is 406. The molecule has 0 fully saturated rings. The van der Waals surface area contributed by atoms with Crippen molar-refractivity contribution in [1.29, 1.82) is 0 Å². The Labute approximate surface area is 111 Å². The van der Waals surface area contributed by atoms with E-state index in [1.54, 1.807) is 0 Å². The van der Waals surface area contributed by atoms with Gasteiger partial charge in [-0.25, -0.2) is 0 Å². The van der Waals surface area contributed by atoms with Gasteiger partial charge in [0.2, 0.25) is 5.95 Å². The van der Waals surface area contributed by atoms with Crippen molar-refractivity contribution < 1.29 is 22.6 Å². The minimum absolute atomic E-state index is 0.00824. The highest BCUT2D eigenvalue weighted by atomic mass is 35.5. The fraction of sp³-hybridized carbons (Fsp3) is 0.625. The van der Waals surface area contributed by atoms with Gasteiger partial charge in [-0.2, -0.15) is 4.98 Å². The van der Waals surface area contributed by atoms with Crippen LogP contribution in [0.5, 0.6) is 0 Å². The summed E-state index contributed by atoms with van der Waals surface area (Å²) in [6.45, 7) is -0.319. The molecule has 1 heterocycles. The van der Waals surface area contributed by atoms with Gasteiger partial charge in [-0.05, 0) is 0 Å². The highest BCUT2D eigenvalue weighted by Crippen LogP contribution is 2.15. The van der Waals surface area contributed by atoms with Gasteiger partial charge in [-0.15, -0.1) is 23.4 Å². The van der Waals surface area contributed by atoms with Crippen molar-refractivity contribution in [2.75, 3.05) is 37.4 Å². The summed E-state index contributed by atoms with van der Waals surface area (Å²) in [6, 6.07) is 0. The van der Waals surface area contributed by atoms with Gasteiger partial charge in [0, 0.05) is 6.54 Å². The van der Waals surface area contributed by atoms with E-state index in [9.17, 15) is 13.2 Å². The second-order valence-corrected chi connectivity index (χ2v) is 3.50. The van der Waals surface area contributed by atoms with Gasteiger partial charge in [0.25, 0.3) is 0 Å². The summed E-state index contributed by atoms with van der Waals surface area (Å²) >= 11 is 5.52. The Morgan fingerprint density at radius 1 is 1.21 bits per heavy atom. The van der Waals surface area contributed by atoms with Crippen molar-refractivity contribution in [2.24, 2.45) is 0 Å². The quantitative estimate of drug-likeness (QED) is 0.727. The van der Waals surface area contributed by atoms with Crippen LogP contribution in [0, 0.1) is 0 Å². The van der Waals surface area contributed by atoms with E-state index in [0.717, 1.165) is 0 Å². The summed E-state index contributed by atoms with van der Waals surface area (Å²) < 4.78 is 43.2. The molecule has 0 aliphatic heterocycles. The zero-order chi connectivity index (χ0) is 14.3. The van der Waals surface area contributed by atoms with Gasteiger partial charge >= 0.3 is 6.36 Å². The molecule has 7 nitrogen and oxygen atoms in total. The third kappa shape index (κ3) is 6.94. The van der Waals surface area contributed by atoms with Crippen molar-refractivity contribution >= 4 is 23.4 Å². The van der Waals surface area contributed by atoms with E-state index in [1.807, 2.05) is 0 Å². The largest absolute Gasteiger partial charge is 0.522 e. The first kappa shape index (κ1) is 15.7. The van der Waals surface area contributed by atoms with E-state index < -0.39 is 13.0 Å². The topological polar surface area (TPSA) is 95.2 Å². The minimum atomic E-state index is -4.64. The molecule has 108 valence electrons. The lowest BCUT2D eigenvalue weighted by Gasteiger charge is -2.08. The molecule has 3 N–H and O–H groups in total. The maximum atomic E-state index is 11.6. The lowest BCUT2D eigenvalue weighted by molar-refractivity contribution is -0.327. The molecular weight excluding hydrogens is 291 g/mol. The van der Waals surface area contributed by atoms with Crippen LogP contribution in [-0.4, -0.2) is 47.9 Å². The number of nitrogen functional groups attached to an aromatic ring is 1. The summed E-state index contributed by atoms with van der Waals surface area (Å²) in [6.07, 6.45) is -4.64. The van der Waals surface area contributed by atoms with E-state index in [0.29, 0.717) is 0 Å². The first-order valence-electron chi connectivity index (χ1n) is 5.06. The number of nitrogens with two attached hydrogens (primary N) is 1. The molecule has 1 aromatic heterocycles. The van der Waals surface area contributed by atoms with Crippen LogP contribution in [0.15, 0.2) is 0 Å². The number of hydrogen-bond acceptors (Lipinski definition) is 7. The summed E-state index contributed by atoms with van der Waals surface area (Å²) in [4.78, 5) is 3.77. The number of halogens is 4. The fourth-order valence-electron chi connectivity index (χ4n) is 0.953. The van der Waals surface area contributed by atoms with Crippen LogP contribution in [-0.2, 0) is 9.47 Å². The van der Waals surface area contributed by atoms with Crippen LogP contribution < -0.4 is 11.1 Å². The van der Waals surface area contributed by atoms with Crippen molar-refractivity contribution in [3.63, 3.8) is 0 Å². The van der Waals surface area contributed by atoms with Crippen LogP contribution >= 0.6 is 11.6 Å². The van der Waals surface area contributed by atoms with E-state index in [1.165, 1.54) is 0 Å². The van der Waals surface area contributed by atoms with Gasteiger partial charge in [-0.3, -0.25) is 4.74 Å². The zero-order valence-corrected chi connectivity index (χ0v) is 10.3. The molecule has 0 aromatic carbocycles. The molecule has 11 heteroatoms. The molecule has 1 aromatic rings. The molecule has 1 rings (SSSR count). The lowest BCUT2D eigenvalue weighted by atomic mass is 10.6. The monoisotopic (exact) mass is 301 g/mol. The Balaban J connectivity index is 2.09. The third-order valence-electron chi connectivity index (χ3n) is 1.69. The third-order valence-corrected chi connectivity index (χ3v) is 1.96. The molecule has 19 heavy (non-hydrogen) atoms. The Hall–Kier alpha value is -1.39. The number of alkyl halides is 3. The first-order valence-corrected chi connectivity index (χ1v) is 5.44. The normalized spacial score (nSPS) is 11.6. The van der Waals surface area contributed by atoms with Gasteiger partial charge in [-0.1, -0.05) is 11.6 Å². The van der Waals surface area contributed by atoms with Crippen molar-refractivity contribution in [1.82, 2.24) is 15.2 Å². The highest BCUT2D eigenvalue weighted by molar-refractivity contribution is 6.31. The summed E-state index contributed by atoms with van der Waals surface area (Å²) in [5.74, 6) is 0.177. The average molecular weight is 302 g/mol. The second-order valence-electron chi connectivity index (χ2n) is 3.14. The number of hydrogen-bond donors (Lipinski definition) is 2. The summed E-state index contributed by atoms with van der Waals surface area (Å²) in [5, 5.41) is 9.81. The number of nitrogens with one attached hydrogen (secondary N) is 1. The standard InChI is InChI=1S/C8H11ClF3N5O2/c9-5-6(13)15-7(17-16-5)14-1-2-18-3-4-19-8(10,11)12/h1-4H2,(H3,13,14,15,17). The summed E-state index contributed by atoms with van der Waals surface area (Å²) in [7, 11) is 0. The van der Waals surface area contributed by atoms with Crippen LogP contribution in [0.3, 0.4) is 0 Å². The molecule has 0 aliphatic rings. The van der Waals surface area contributed by atoms with Gasteiger partial charge in [0.1, 0.15) is 0 Å². The van der Waals surface area contributed by atoms with E-state index >= 15 is 0 Å². The van der Waals surface area contributed by atoms with Gasteiger partial charge < -0.3 is 15.8 Å². The van der Waals surface area contributed by atoms with E-state index in [4.69, 9.17) is 22.1 Å². The number of rotatable bonds is 7. The predicted octanol–water partition coefficient (Wildman–Crippen LogP) is 1.07. The van der Waals surface area contributed by atoms with Crippen LogP contribution in [0.25, 0.3) is 0 Å². The molecule has 0 spiro atoms. The van der Waals surface area contributed by atoms with Crippen molar-refractivity contribution in [3.8, 4) is 0 Å². The molecule has 0 radical (unpaired) electrons. The van der Waals surface area contributed by atoms with Crippen LogP contribution in [0.2, 0.25) is 5.15 Å². The van der Waals surface area contributed by atoms with Crippen molar-refractivity contribution in [2.45, 2.75) is 6.36 Å². The Morgan fingerprint density at radius 3 is 2.58 bits per heavy atom. The summed E-state index contributed by atoms with van der Waals surface area (Å²) in [5.41, 5.74) is 5.39. The number of ether oxygens (including phenoxy) is 2. The maximum absolute atomic E-state index is 11.6. The molecule has 0 saturated heterocycles. The molecule has 0 saturated carbocycles. The lowest BCUT2D eigenvalue weighted by Crippen LogP contribution is -2.19. The van der Waals surface area contributed by atoms with Gasteiger partial charge in [0.05, 0.1) is 19.8 Å². The number of aromatic nitrogens is 3. The highest BCUT2D eigenvalue weighted by Gasteiger charge is 2.28. The van der Waals surface area contributed by atoms with E-state index in [-0.39, 0.29) is 36.7 Å². The first-order chi connectivity index (χ1) is 8.88. The Kier molecular flexibility index (Phi) is 5.99. The molecule has 0 bridgehead atoms. The van der Waals surface area contributed by atoms with E-state index in [2.05, 4.69) is 25.2 Å². The minimum Gasteiger partial charge on any atom is -0.381 e. The Morgan fingerprint density at radius 2 is 1.95 bits per heavy atom. The second kappa shape index (κ2) is 7.26. The molecule has 0 amide bonds. The van der Waals surface area contributed by atoms with Crippen LogP contribution in [0.4, 0.5) is 24.9 Å².